The van der Waals surface area contributed by atoms with E-state index in [0.717, 1.165) is 49.1 Å². The number of amides is 1. The number of halogens is 1. The molecule has 0 unspecified atom stereocenters. The summed E-state index contributed by atoms with van der Waals surface area (Å²) in [7, 11) is 1.78. The first-order chi connectivity index (χ1) is 14.0. The van der Waals surface area contributed by atoms with Gasteiger partial charge in [-0.1, -0.05) is 29.8 Å². The maximum absolute atomic E-state index is 13.0. The number of carbonyl (C=O) groups is 2. The lowest BCUT2D eigenvalue weighted by atomic mass is 10.1. The number of benzene rings is 2. The summed E-state index contributed by atoms with van der Waals surface area (Å²) in [6, 6.07) is 13.2. The topological polar surface area (TPSA) is 72.9 Å². The van der Waals surface area contributed by atoms with Crippen molar-refractivity contribution in [2.75, 3.05) is 36.5 Å². The number of carboxylic acids is 1. The van der Waals surface area contributed by atoms with Gasteiger partial charge in [-0.3, -0.25) is 4.79 Å². The Morgan fingerprint density at radius 3 is 2.72 bits per heavy atom. The molecule has 3 rings (SSSR count). The van der Waals surface area contributed by atoms with E-state index in [1.54, 1.807) is 24.1 Å². The number of carboxylic acid groups (broad SMARTS) is 1. The molecule has 1 amide bonds. The summed E-state index contributed by atoms with van der Waals surface area (Å²) in [6.45, 7) is 2.04. The maximum Gasteiger partial charge on any atom is 0.328 e. The highest BCUT2D eigenvalue weighted by Gasteiger charge is 2.28. The Bertz CT molecular complexity index is 929. The van der Waals surface area contributed by atoms with Gasteiger partial charge >= 0.3 is 5.97 Å². The largest absolute Gasteiger partial charge is 0.478 e. The minimum atomic E-state index is -0.941. The van der Waals surface area contributed by atoms with E-state index >= 15 is 0 Å². The number of fused-ring (bicyclic) bond motifs is 2. The molecule has 6 nitrogen and oxygen atoms in total. The lowest BCUT2D eigenvalue weighted by molar-refractivity contribution is -0.131. The Morgan fingerprint density at radius 1 is 1.14 bits per heavy atom. The molecule has 0 aliphatic carbocycles. The minimum absolute atomic E-state index is 0.0430. The summed E-state index contributed by atoms with van der Waals surface area (Å²) in [5, 5.41) is 12.4. The highest BCUT2D eigenvalue weighted by Crippen LogP contribution is 2.41. The fourth-order valence-electron chi connectivity index (χ4n) is 3.41. The zero-order valence-corrected chi connectivity index (χ0v) is 17.0. The third kappa shape index (κ3) is 4.96. The molecule has 0 saturated carbocycles. The number of hydrogen-bond donors (Lipinski definition) is 2. The fourth-order valence-corrected chi connectivity index (χ4v) is 3.58. The molecule has 0 bridgehead atoms. The molecule has 1 heterocycles. The fraction of sp³-hybridized carbons (Fsp3) is 0.273. The molecular weight excluding hydrogens is 390 g/mol. The normalized spacial score (nSPS) is 13.4. The first-order valence-corrected chi connectivity index (χ1v) is 9.91. The van der Waals surface area contributed by atoms with E-state index in [4.69, 9.17) is 16.7 Å². The Balaban J connectivity index is 1.74. The molecule has 1 aliphatic heterocycles. The molecule has 2 N–H and O–H groups in total. The highest BCUT2D eigenvalue weighted by molar-refractivity contribution is 6.31. The quantitative estimate of drug-likeness (QED) is 0.504. The number of para-hydroxylation sites is 1. The van der Waals surface area contributed by atoms with Crippen molar-refractivity contribution in [3.8, 4) is 0 Å². The average molecular weight is 414 g/mol. The number of nitrogens with zero attached hydrogens (tertiary/aromatic N) is 2. The molecular formula is C22H24ClN3O3. The van der Waals surface area contributed by atoms with Crippen LogP contribution in [0.5, 0.6) is 0 Å². The van der Waals surface area contributed by atoms with Gasteiger partial charge in [-0.15, -0.1) is 0 Å². The Labute approximate surface area is 175 Å². The predicted molar refractivity (Wildman–Crippen MR) is 117 cm³/mol. The number of carbonyl (C=O) groups excluding carboxylic acids is 1. The molecule has 2 aromatic rings. The molecule has 2 aromatic carbocycles. The highest BCUT2D eigenvalue weighted by atomic mass is 35.5. The monoisotopic (exact) mass is 413 g/mol. The lowest BCUT2D eigenvalue weighted by Gasteiger charge is -2.27. The Hall–Kier alpha value is -2.83. The van der Waals surface area contributed by atoms with Crippen LogP contribution < -0.4 is 15.1 Å². The summed E-state index contributed by atoms with van der Waals surface area (Å²) in [6.07, 6.45) is 4.54. The summed E-state index contributed by atoms with van der Waals surface area (Å²) in [5.74, 6) is -0.984. The smallest absolute Gasteiger partial charge is 0.328 e. The molecule has 29 heavy (non-hydrogen) atoms. The second-order valence-electron chi connectivity index (χ2n) is 6.82. The van der Waals surface area contributed by atoms with E-state index in [1.165, 1.54) is 0 Å². The van der Waals surface area contributed by atoms with Crippen molar-refractivity contribution < 1.29 is 14.7 Å². The maximum atomic E-state index is 13.0. The van der Waals surface area contributed by atoms with Crippen molar-refractivity contribution >= 4 is 40.5 Å². The van der Waals surface area contributed by atoms with Crippen molar-refractivity contribution in [1.29, 1.82) is 0 Å². The van der Waals surface area contributed by atoms with Crippen LogP contribution >= 0.6 is 11.6 Å². The molecule has 0 spiro atoms. The van der Waals surface area contributed by atoms with Gasteiger partial charge in [0, 0.05) is 31.2 Å². The van der Waals surface area contributed by atoms with E-state index in [0.29, 0.717) is 17.1 Å². The van der Waals surface area contributed by atoms with E-state index in [1.807, 2.05) is 36.4 Å². The number of anilines is 3. The van der Waals surface area contributed by atoms with Gasteiger partial charge in [-0.2, -0.15) is 0 Å². The standard InChI is InChI=1S/C22H24ClN3O3/c1-25-19-11-10-16(23)15-20(19)26(18-8-3-2-7-17(18)22(25)29)14-5-4-12-24-13-6-9-21(27)28/h2-3,6-11,15,24H,4-5,12-14H2,1H3,(H,27,28)/b9-6+. The van der Waals surface area contributed by atoms with Gasteiger partial charge in [0.15, 0.2) is 0 Å². The van der Waals surface area contributed by atoms with Crippen LogP contribution in [0.15, 0.2) is 54.6 Å². The average Bonchev–Trinajstić information content (AvgIpc) is 2.79. The van der Waals surface area contributed by atoms with Gasteiger partial charge in [0.25, 0.3) is 5.91 Å². The van der Waals surface area contributed by atoms with Crippen LogP contribution in [0.3, 0.4) is 0 Å². The second-order valence-corrected chi connectivity index (χ2v) is 7.25. The van der Waals surface area contributed by atoms with Gasteiger partial charge in [0.2, 0.25) is 0 Å². The van der Waals surface area contributed by atoms with E-state index in [2.05, 4.69) is 10.2 Å². The van der Waals surface area contributed by atoms with E-state index in [-0.39, 0.29) is 5.91 Å². The Kier molecular flexibility index (Phi) is 6.90. The number of aliphatic carboxylic acids is 1. The summed E-state index contributed by atoms with van der Waals surface area (Å²) >= 11 is 6.27. The van der Waals surface area contributed by atoms with Crippen molar-refractivity contribution in [3.05, 3.63) is 65.2 Å². The first kappa shape index (κ1) is 20.9. The van der Waals surface area contributed by atoms with Crippen molar-refractivity contribution in [2.45, 2.75) is 12.8 Å². The van der Waals surface area contributed by atoms with Gasteiger partial charge < -0.3 is 20.2 Å². The minimum Gasteiger partial charge on any atom is -0.478 e. The van der Waals surface area contributed by atoms with Crippen LogP contribution in [0.4, 0.5) is 17.1 Å². The van der Waals surface area contributed by atoms with Crippen LogP contribution in [-0.2, 0) is 4.79 Å². The van der Waals surface area contributed by atoms with Gasteiger partial charge in [0.05, 0.1) is 22.6 Å². The zero-order chi connectivity index (χ0) is 20.8. The summed E-state index contributed by atoms with van der Waals surface area (Å²) in [4.78, 5) is 27.2. The van der Waals surface area contributed by atoms with Gasteiger partial charge in [-0.05, 0) is 49.7 Å². The van der Waals surface area contributed by atoms with Crippen LogP contribution in [0.1, 0.15) is 23.2 Å². The third-order valence-corrected chi connectivity index (χ3v) is 5.06. The molecule has 0 fully saturated rings. The molecule has 7 heteroatoms. The van der Waals surface area contributed by atoms with Crippen molar-refractivity contribution in [3.63, 3.8) is 0 Å². The second kappa shape index (κ2) is 9.58. The summed E-state index contributed by atoms with van der Waals surface area (Å²) in [5.41, 5.74) is 3.28. The van der Waals surface area contributed by atoms with E-state index < -0.39 is 5.97 Å². The van der Waals surface area contributed by atoms with Gasteiger partial charge in [0.1, 0.15) is 0 Å². The van der Waals surface area contributed by atoms with Crippen LogP contribution in [-0.4, -0.2) is 43.7 Å². The van der Waals surface area contributed by atoms with Gasteiger partial charge in [-0.25, -0.2) is 4.79 Å². The summed E-state index contributed by atoms with van der Waals surface area (Å²) < 4.78 is 0. The molecule has 1 aliphatic rings. The molecule has 0 atom stereocenters. The SMILES string of the molecule is CN1C(=O)c2ccccc2N(CCCCNC/C=C/C(=O)O)c2cc(Cl)ccc21. The molecule has 0 radical (unpaired) electrons. The Morgan fingerprint density at radius 2 is 1.93 bits per heavy atom. The number of rotatable bonds is 8. The van der Waals surface area contributed by atoms with Crippen LogP contribution in [0, 0.1) is 0 Å². The molecule has 152 valence electrons. The van der Waals surface area contributed by atoms with Crippen LogP contribution in [0.2, 0.25) is 5.02 Å². The van der Waals surface area contributed by atoms with Crippen LogP contribution in [0.25, 0.3) is 0 Å². The third-order valence-electron chi connectivity index (χ3n) is 4.83. The first-order valence-electron chi connectivity index (χ1n) is 9.53. The van der Waals surface area contributed by atoms with E-state index in [9.17, 15) is 9.59 Å². The molecule has 0 aromatic heterocycles. The lowest BCUT2D eigenvalue weighted by Crippen LogP contribution is -2.25. The predicted octanol–water partition coefficient (Wildman–Crippen LogP) is 4.08. The number of unbranched alkanes of at least 4 members (excludes halogenated alkanes) is 1. The van der Waals surface area contributed by atoms with Crippen molar-refractivity contribution in [2.24, 2.45) is 0 Å². The van der Waals surface area contributed by atoms with Crippen molar-refractivity contribution in [1.82, 2.24) is 5.32 Å². The zero-order valence-electron chi connectivity index (χ0n) is 16.3. The number of nitrogens with one attached hydrogen (secondary N) is 1. The molecule has 0 saturated heterocycles. The number of hydrogen-bond acceptors (Lipinski definition) is 4.